The second kappa shape index (κ2) is 16.5. The first-order valence-electron chi connectivity index (χ1n) is 15.9. The van der Waals surface area contributed by atoms with Crippen molar-refractivity contribution >= 4 is 36.0 Å². The molecule has 1 saturated heterocycles. The van der Waals surface area contributed by atoms with Gasteiger partial charge in [0.05, 0.1) is 11.2 Å². The lowest BCUT2D eigenvalue weighted by molar-refractivity contribution is -0.127. The van der Waals surface area contributed by atoms with Gasteiger partial charge >= 0.3 is 0 Å². The first-order valence-corrected chi connectivity index (χ1v) is 16.2. The number of hydrogen-bond acceptors (Lipinski definition) is 5. The number of aromatic nitrogens is 1. The van der Waals surface area contributed by atoms with E-state index in [1.54, 1.807) is 24.4 Å². The molecule has 4 aromatic carbocycles. The molecule has 6 rings (SSSR count). The van der Waals surface area contributed by atoms with Crippen LogP contribution in [0.4, 0.5) is 0 Å². The molecular weight excluding hydrogens is 641 g/mol. The second-order valence-corrected chi connectivity index (χ2v) is 12.3. The molecule has 0 N–H and O–H groups in total. The van der Waals surface area contributed by atoms with E-state index in [2.05, 4.69) is 89.6 Å². The molecule has 1 aromatic heterocycles. The fourth-order valence-corrected chi connectivity index (χ4v) is 5.86. The predicted octanol–water partition coefficient (Wildman–Crippen LogP) is 9.17. The van der Waals surface area contributed by atoms with Crippen LogP contribution in [0.5, 0.6) is 17.4 Å². The molecule has 246 valence electrons. The number of ether oxygens (including phenoxy) is 2. The summed E-state index contributed by atoms with van der Waals surface area (Å²) in [5.74, 6) is 1.60. The lowest BCUT2D eigenvalue weighted by Gasteiger charge is -2.34. The number of piperazine rings is 1. The van der Waals surface area contributed by atoms with Crippen LogP contribution in [0.2, 0.25) is 5.02 Å². The number of halogens is 2. The van der Waals surface area contributed by atoms with Gasteiger partial charge in [-0.1, -0.05) is 96.0 Å². The Kier molecular flexibility index (Phi) is 11.9. The van der Waals surface area contributed by atoms with Crippen LogP contribution < -0.4 is 9.47 Å². The van der Waals surface area contributed by atoms with Gasteiger partial charge < -0.3 is 14.4 Å². The first-order chi connectivity index (χ1) is 22.9. The van der Waals surface area contributed by atoms with E-state index in [9.17, 15) is 4.79 Å². The summed E-state index contributed by atoms with van der Waals surface area (Å²) in [6, 6.07) is 34.7. The highest BCUT2D eigenvalue weighted by Gasteiger charge is 2.20. The molecule has 1 amide bonds. The zero-order chi connectivity index (χ0) is 32.6. The molecule has 5 aromatic rings. The van der Waals surface area contributed by atoms with Gasteiger partial charge in [0, 0.05) is 44.9 Å². The summed E-state index contributed by atoms with van der Waals surface area (Å²) in [6.45, 7) is 8.39. The lowest BCUT2D eigenvalue weighted by Crippen LogP contribution is -2.47. The summed E-state index contributed by atoms with van der Waals surface area (Å²) < 4.78 is 11.9. The Balaban J connectivity index is 0.00000451. The van der Waals surface area contributed by atoms with Crippen LogP contribution in [0.1, 0.15) is 27.8 Å². The van der Waals surface area contributed by atoms with Gasteiger partial charge in [0.2, 0.25) is 11.8 Å². The van der Waals surface area contributed by atoms with Crippen molar-refractivity contribution in [3.05, 3.63) is 148 Å². The van der Waals surface area contributed by atoms with Gasteiger partial charge in [-0.05, 0) is 71.5 Å². The molecule has 0 unspecified atom stereocenters. The highest BCUT2D eigenvalue weighted by atomic mass is 35.5. The average Bonchev–Trinajstić information content (AvgIpc) is 3.10. The van der Waals surface area contributed by atoms with Crippen molar-refractivity contribution < 1.29 is 14.3 Å². The number of nitrogens with zero attached hydrogens (tertiary/aromatic N) is 3. The molecule has 1 fully saturated rings. The predicted molar refractivity (Wildman–Crippen MR) is 196 cm³/mol. The molecule has 6 nitrogen and oxygen atoms in total. The molecule has 48 heavy (non-hydrogen) atoms. The van der Waals surface area contributed by atoms with Gasteiger partial charge in [0.1, 0.15) is 12.4 Å². The van der Waals surface area contributed by atoms with Crippen molar-refractivity contribution in [1.29, 1.82) is 0 Å². The summed E-state index contributed by atoms with van der Waals surface area (Å²) in [4.78, 5) is 21.7. The van der Waals surface area contributed by atoms with E-state index in [-0.39, 0.29) is 18.3 Å². The SMILES string of the molecule is Cc1ccc(COc2ccc(Oc3c(C)cc(C=CC(=O)N4CCN(Cc5ccc(-c6ccccc6)cc5)CC4)cc3Cl)nc2)cc1.Cl. The monoisotopic (exact) mass is 679 g/mol. The summed E-state index contributed by atoms with van der Waals surface area (Å²) in [7, 11) is 0. The average molecular weight is 681 g/mol. The molecule has 0 aliphatic carbocycles. The maximum Gasteiger partial charge on any atom is 0.246 e. The van der Waals surface area contributed by atoms with Crippen LogP contribution in [0, 0.1) is 13.8 Å². The summed E-state index contributed by atoms with van der Waals surface area (Å²) in [5.41, 5.74) is 7.70. The van der Waals surface area contributed by atoms with E-state index < -0.39 is 0 Å². The fourth-order valence-electron chi connectivity index (χ4n) is 5.54. The molecular formula is C40H39Cl2N3O3. The van der Waals surface area contributed by atoms with Crippen molar-refractivity contribution in [2.75, 3.05) is 26.2 Å². The van der Waals surface area contributed by atoms with Crippen molar-refractivity contribution in [3.8, 4) is 28.5 Å². The Hall–Kier alpha value is -4.62. The van der Waals surface area contributed by atoms with Gasteiger partial charge in [-0.3, -0.25) is 9.69 Å². The molecule has 0 bridgehead atoms. The van der Waals surface area contributed by atoms with Gasteiger partial charge in [-0.15, -0.1) is 12.4 Å². The molecule has 2 heterocycles. The lowest BCUT2D eigenvalue weighted by atomic mass is 10.0. The Labute approximate surface area is 294 Å². The minimum Gasteiger partial charge on any atom is -0.487 e. The number of pyridine rings is 1. The number of amides is 1. The highest BCUT2D eigenvalue weighted by Crippen LogP contribution is 2.34. The highest BCUT2D eigenvalue weighted by molar-refractivity contribution is 6.32. The fraction of sp³-hybridized carbons (Fsp3) is 0.200. The van der Waals surface area contributed by atoms with E-state index in [1.165, 1.54) is 22.3 Å². The minimum absolute atomic E-state index is 0. The maximum atomic E-state index is 13.0. The van der Waals surface area contributed by atoms with Crippen molar-refractivity contribution in [2.45, 2.75) is 27.0 Å². The van der Waals surface area contributed by atoms with Gasteiger partial charge in [-0.2, -0.15) is 0 Å². The molecule has 8 heteroatoms. The second-order valence-electron chi connectivity index (χ2n) is 11.9. The van der Waals surface area contributed by atoms with Crippen molar-refractivity contribution in [3.63, 3.8) is 0 Å². The Morgan fingerprint density at radius 1 is 0.833 bits per heavy atom. The van der Waals surface area contributed by atoms with E-state index in [1.807, 2.05) is 36.1 Å². The Morgan fingerprint density at radius 2 is 1.52 bits per heavy atom. The van der Waals surface area contributed by atoms with Gasteiger partial charge in [-0.25, -0.2) is 4.98 Å². The van der Waals surface area contributed by atoms with Crippen LogP contribution in [-0.4, -0.2) is 46.9 Å². The van der Waals surface area contributed by atoms with Crippen molar-refractivity contribution in [1.82, 2.24) is 14.8 Å². The Morgan fingerprint density at radius 3 is 2.19 bits per heavy atom. The molecule has 1 aliphatic heterocycles. The molecule has 0 radical (unpaired) electrons. The smallest absolute Gasteiger partial charge is 0.246 e. The molecule has 0 spiro atoms. The topological polar surface area (TPSA) is 54.9 Å². The first kappa shape index (κ1) is 34.7. The number of carbonyl (C=O) groups is 1. The van der Waals surface area contributed by atoms with Crippen molar-refractivity contribution in [2.24, 2.45) is 0 Å². The zero-order valence-electron chi connectivity index (χ0n) is 27.1. The standard InChI is InChI=1S/C40H38ClN3O3.ClH/c1-29-8-10-32(11-9-29)28-46-36-17-18-38(42-26-36)47-40-30(2)24-33(25-37(40)41)14-19-39(45)44-22-20-43(21-23-44)27-31-12-15-35(16-13-31)34-6-4-3-5-7-34;/h3-19,24-26H,20-23,27-28H2,1-2H3;1H. The van der Waals surface area contributed by atoms with Crippen LogP contribution in [0.25, 0.3) is 17.2 Å². The van der Waals surface area contributed by atoms with E-state index in [0.29, 0.717) is 42.1 Å². The minimum atomic E-state index is -0.000136. The van der Waals surface area contributed by atoms with Gasteiger partial charge in [0.15, 0.2) is 5.75 Å². The number of aryl methyl sites for hydroxylation is 2. The van der Waals surface area contributed by atoms with Gasteiger partial charge in [0.25, 0.3) is 0 Å². The third-order valence-corrected chi connectivity index (χ3v) is 8.54. The number of hydrogen-bond donors (Lipinski definition) is 0. The largest absolute Gasteiger partial charge is 0.487 e. The summed E-state index contributed by atoms with van der Waals surface area (Å²) in [5, 5.41) is 0.448. The quantitative estimate of drug-likeness (QED) is 0.138. The third-order valence-electron chi connectivity index (χ3n) is 8.26. The number of carbonyl (C=O) groups excluding carboxylic acids is 1. The number of benzene rings is 4. The third kappa shape index (κ3) is 9.26. The van der Waals surface area contributed by atoms with E-state index in [4.69, 9.17) is 21.1 Å². The van der Waals surface area contributed by atoms with Crippen LogP contribution in [-0.2, 0) is 17.9 Å². The van der Waals surface area contributed by atoms with Crippen LogP contribution in [0.3, 0.4) is 0 Å². The normalized spacial score (nSPS) is 13.3. The Bertz CT molecular complexity index is 1800. The van der Waals surface area contributed by atoms with Crippen LogP contribution in [0.15, 0.2) is 115 Å². The zero-order valence-corrected chi connectivity index (χ0v) is 28.7. The molecule has 0 atom stereocenters. The number of rotatable bonds is 10. The van der Waals surface area contributed by atoms with E-state index >= 15 is 0 Å². The summed E-state index contributed by atoms with van der Waals surface area (Å²) >= 11 is 6.62. The van der Waals surface area contributed by atoms with E-state index in [0.717, 1.165) is 36.3 Å². The summed E-state index contributed by atoms with van der Waals surface area (Å²) in [6.07, 6.45) is 5.07. The molecule has 1 aliphatic rings. The maximum absolute atomic E-state index is 13.0. The van der Waals surface area contributed by atoms with Crippen LogP contribution >= 0.6 is 24.0 Å². The molecule has 0 saturated carbocycles.